The summed E-state index contributed by atoms with van der Waals surface area (Å²) in [5.41, 5.74) is 2.15. The second kappa shape index (κ2) is 10.7. The smallest absolute Gasteiger partial charge is 0.290 e. The number of ether oxygens (including phenoxy) is 2. The molecule has 11 heteroatoms. The lowest BCUT2D eigenvalue weighted by Crippen LogP contribution is -2.11. The van der Waals surface area contributed by atoms with E-state index in [1.807, 2.05) is 6.92 Å². The summed E-state index contributed by atoms with van der Waals surface area (Å²) in [7, 11) is 3.09. The number of hydrogen-bond donors (Lipinski definition) is 0. The van der Waals surface area contributed by atoms with Crippen LogP contribution in [0.2, 0.25) is 0 Å². The van der Waals surface area contributed by atoms with Crippen molar-refractivity contribution in [2.45, 2.75) is 51.4 Å². The number of hydrogen-bond acceptors (Lipinski definition) is 7. The molecule has 5 rings (SSSR count). The van der Waals surface area contributed by atoms with Gasteiger partial charge in [0.05, 0.1) is 18.4 Å². The lowest BCUT2D eigenvalue weighted by atomic mass is 9.99. The van der Waals surface area contributed by atoms with E-state index in [1.54, 1.807) is 25.4 Å². The van der Waals surface area contributed by atoms with Crippen LogP contribution in [0.25, 0.3) is 28.5 Å². The molecule has 208 valence electrons. The van der Waals surface area contributed by atoms with Crippen molar-refractivity contribution in [1.29, 1.82) is 0 Å². The molecule has 1 aliphatic rings. The molecule has 0 spiro atoms. The van der Waals surface area contributed by atoms with E-state index in [2.05, 4.69) is 31.5 Å². The number of rotatable bonds is 10. The van der Waals surface area contributed by atoms with E-state index in [4.69, 9.17) is 9.47 Å². The van der Waals surface area contributed by atoms with Crippen molar-refractivity contribution in [3.8, 4) is 34.5 Å². The molecule has 0 radical (unpaired) electrons. The first-order valence-electron chi connectivity index (χ1n) is 13.0. The molecule has 3 aromatic heterocycles. The Kier molecular flexibility index (Phi) is 7.31. The van der Waals surface area contributed by atoms with Crippen LogP contribution in [0, 0.1) is 5.82 Å². The van der Waals surface area contributed by atoms with Crippen molar-refractivity contribution in [3.63, 3.8) is 0 Å². The number of benzene rings is 1. The van der Waals surface area contributed by atoms with E-state index in [9.17, 15) is 8.78 Å². The minimum absolute atomic E-state index is 0.126. The highest BCUT2D eigenvalue weighted by Gasteiger charge is 2.34. The first-order chi connectivity index (χ1) is 19.2. The molecule has 40 heavy (non-hydrogen) atoms. The molecule has 0 N–H and O–H groups in total. The third kappa shape index (κ3) is 5.15. The fraction of sp³-hybridized carbons (Fsp3) is 0.345. The van der Waals surface area contributed by atoms with Crippen molar-refractivity contribution in [3.05, 3.63) is 71.8 Å². The van der Waals surface area contributed by atoms with Crippen molar-refractivity contribution in [2.75, 3.05) is 7.11 Å². The molecule has 0 atom stereocenters. The third-order valence-electron chi connectivity index (χ3n) is 6.87. The van der Waals surface area contributed by atoms with Gasteiger partial charge >= 0.3 is 0 Å². The molecular weight excluding hydrogens is 521 g/mol. The lowest BCUT2D eigenvalue weighted by Gasteiger charge is -2.15. The molecule has 0 bridgehead atoms. The van der Waals surface area contributed by atoms with Crippen molar-refractivity contribution < 1.29 is 22.6 Å². The Morgan fingerprint density at radius 3 is 2.58 bits per heavy atom. The van der Waals surface area contributed by atoms with Gasteiger partial charge in [0.2, 0.25) is 11.8 Å². The summed E-state index contributed by atoms with van der Waals surface area (Å²) in [4.78, 5) is 21.7. The Labute approximate surface area is 230 Å². The standard InChI is InChI=1S/C29H29F3N6O2/c1-6-17-12-19(13-20(30)23(17)27-36-21(14-38(27)4)29(31,32)7-2)16(3)40-22-10-11-33-26(37-22)24-25(18-8-9-18)34-15-35-28(24)39-5/h10-15,18H,3,6-9H2,1-2,4-5H3. The summed E-state index contributed by atoms with van der Waals surface area (Å²) in [6, 6.07) is 4.54. The molecule has 0 aliphatic heterocycles. The van der Waals surface area contributed by atoms with Gasteiger partial charge in [-0.05, 0) is 37.0 Å². The zero-order chi connectivity index (χ0) is 28.6. The zero-order valence-corrected chi connectivity index (χ0v) is 22.7. The molecule has 1 fully saturated rings. The van der Waals surface area contributed by atoms with Crippen LogP contribution in [0.5, 0.6) is 11.8 Å². The van der Waals surface area contributed by atoms with Gasteiger partial charge in [-0.3, -0.25) is 0 Å². The molecule has 8 nitrogen and oxygen atoms in total. The fourth-order valence-electron chi connectivity index (χ4n) is 4.53. The van der Waals surface area contributed by atoms with E-state index < -0.39 is 23.9 Å². The largest absolute Gasteiger partial charge is 0.480 e. The van der Waals surface area contributed by atoms with Gasteiger partial charge in [-0.2, -0.15) is 13.8 Å². The maximum atomic E-state index is 15.6. The second-order valence-electron chi connectivity index (χ2n) is 9.63. The maximum Gasteiger partial charge on any atom is 0.290 e. The molecule has 1 aliphatic carbocycles. The van der Waals surface area contributed by atoms with Crippen LogP contribution >= 0.6 is 0 Å². The number of aromatic nitrogens is 6. The Bertz CT molecular complexity index is 1580. The predicted molar refractivity (Wildman–Crippen MR) is 143 cm³/mol. The van der Waals surface area contributed by atoms with Gasteiger partial charge in [0, 0.05) is 43.4 Å². The van der Waals surface area contributed by atoms with Crippen molar-refractivity contribution in [2.24, 2.45) is 7.05 Å². The van der Waals surface area contributed by atoms with Gasteiger partial charge in [0.25, 0.3) is 5.92 Å². The Hall–Kier alpha value is -4.28. The van der Waals surface area contributed by atoms with Gasteiger partial charge in [-0.1, -0.05) is 20.4 Å². The summed E-state index contributed by atoms with van der Waals surface area (Å²) in [6.07, 6.45) is 6.29. The quantitative estimate of drug-likeness (QED) is 0.209. The van der Waals surface area contributed by atoms with E-state index in [0.717, 1.165) is 18.5 Å². The summed E-state index contributed by atoms with van der Waals surface area (Å²) in [6.45, 7) is 7.20. The molecule has 3 heterocycles. The van der Waals surface area contributed by atoms with Gasteiger partial charge in [-0.25, -0.2) is 24.3 Å². The number of methoxy groups -OCH3 is 1. The van der Waals surface area contributed by atoms with E-state index in [-0.39, 0.29) is 23.0 Å². The second-order valence-corrected chi connectivity index (χ2v) is 9.63. The predicted octanol–water partition coefficient (Wildman–Crippen LogP) is 6.47. The summed E-state index contributed by atoms with van der Waals surface area (Å²) in [5.74, 6) is -2.24. The highest BCUT2D eigenvalue weighted by Crippen LogP contribution is 2.45. The van der Waals surface area contributed by atoms with Crippen molar-refractivity contribution >= 4 is 5.76 Å². The van der Waals surface area contributed by atoms with Crippen LogP contribution in [-0.2, 0) is 19.4 Å². The highest BCUT2D eigenvalue weighted by molar-refractivity contribution is 5.70. The average molecular weight is 551 g/mol. The number of halogens is 3. The topological polar surface area (TPSA) is 87.8 Å². The van der Waals surface area contributed by atoms with Gasteiger partial charge < -0.3 is 14.0 Å². The highest BCUT2D eigenvalue weighted by atomic mass is 19.3. The normalized spacial score (nSPS) is 13.4. The molecular formula is C29H29F3N6O2. The van der Waals surface area contributed by atoms with Crippen LogP contribution in [0.3, 0.4) is 0 Å². The Morgan fingerprint density at radius 1 is 1.12 bits per heavy atom. The molecule has 1 saturated carbocycles. The molecule has 4 aromatic rings. The summed E-state index contributed by atoms with van der Waals surface area (Å²) < 4.78 is 56.9. The van der Waals surface area contributed by atoms with E-state index >= 15 is 4.39 Å². The van der Waals surface area contributed by atoms with Crippen LogP contribution in [0.15, 0.2) is 43.5 Å². The lowest BCUT2D eigenvalue weighted by molar-refractivity contribution is -0.0124. The van der Waals surface area contributed by atoms with E-state index in [1.165, 1.54) is 37.2 Å². The first-order valence-corrected chi connectivity index (χ1v) is 13.0. The Balaban J connectivity index is 1.45. The summed E-state index contributed by atoms with van der Waals surface area (Å²) in [5, 5.41) is 0. The number of imidazole rings is 1. The number of alkyl halides is 2. The van der Waals surface area contributed by atoms with Gasteiger partial charge in [-0.15, -0.1) is 0 Å². The number of aryl methyl sites for hydroxylation is 2. The van der Waals surface area contributed by atoms with Gasteiger partial charge in [0.1, 0.15) is 35.0 Å². The van der Waals surface area contributed by atoms with Crippen molar-refractivity contribution in [1.82, 2.24) is 29.5 Å². The molecule has 0 saturated heterocycles. The monoisotopic (exact) mass is 550 g/mol. The van der Waals surface area contributed by atoms with Crippen LogP contribution in [0.1, 0.15) is 61.5 Å². The molecule has 0 unspecified atom stereocenters. The molecule has 1 aromatic carbocycles. The van der Waals surface area contributed by atoms with Crippen LogP contribution in [-0.4, -0.2) is 36.6 Å². The first kappa shape index (κ1) is 27.3. The van der Waals surface area contributed by atoms with Crippen LogP contribution in [0.4, 0.5) is 13.2 Å². The minimum Gasteiger partial charge on any atom is -0.480 e. The maximum absolute atomic E-state index is 15.6. The van der Waals surface area contributed by atoms with Crippen LogP contribution < -0.4 is 9.47 Å². The van der Waals surface area contributed by atoms with E-state index in [0.29, 0.717) is 40.7 Å². The average Bonchev–Trinajstić information content (AvgIpc) is 3.73. The number of nitrogens with zero attached hydrogens (tertiary/aromatic N) is 6. The molecule has 0 amide bonds. The minimum atomic E-state index is -3.10. The summed E-state index contributed by atoms with van der Waals surface area (Å²) >= 11 is 0. The third-order valence-corrected chi connectivity index (χ3v) is 6.87. The Morgan fingerprint density at radius 2 is 1.90 bits per heavy atom. The van der Waals surface area contributed by atoms with Gasteiger partial charge in [0.15, 0.2) is 5.82 Å². The zero-order valence-electron chi connectivity index (χ0n) is 22.7. The SMILES string of the molecule is C=C(Oc1ccnc(-c2c(OC)ncnc2C2CC2)n1)c1cc(F)c(-c2nc(C(F)(F)CC)cn2C)c(CC)c1. The fourth-order valence-corrected chi connectivity index (χ4v) is 4.53.